The monoisotopic (exact) mass is 933 g/mol. The molecule has 0 aliphatic heterocycles. The third-order valence-corrected chi connectivity index (χ3v) is 13.1. The van der Waals surface area contributed by atoms with Crippen molar-refractivity contribution < 1.29 is 16.5 Å². The summed E-state index contributed by atoms with van der Waals surface area (Å²) < 4.78 is 0. The van der Waals surface area contributed by atoms with Crippen molar-refractivity contribution >= 4 is 29.4 Å². The Morgan fingerprint density at radius 1 is 0.446 bits per heavy atom. The first-order chi connectivity index (χ1) is 31.7. The fourth-order valence-corrected chi connectivity index (χ4v) is 8.81. The smallest absolute Gasteiger partial charge is 0.0639 e. The van der Waals surface area contributed by atoms with Crippen molar-refractivity contribution in [3.05, 3.63) is 65.7 Å². The summed E-state index contributed by atoms with van der Waals surface area (Å²) >= 11 is 0. The number of allylic oxidation sites excluding steroid dienone is 1. The summed E-state index contributed by atoms with van der Waals surface area (Å²) in [4.78, 5) is 9.86. The first kappa shape index (κ1) is 60.6. The molecule has 0 saturated heterocycles. The summed E-state index contributed by atoms with van der Waals surface area (Å²) in [6, 6.07) is 17.0. The standard InChI is InChI=1S/C62H102N2.Ni/c1-4-7-10-12-14-16-18-20-22-23-24-25-26-27-28-29-30-31-32-33-35-37-39-41-43-45-48-59-49-46-51-61(56-59)64-62(50-9-6-3)57-63-60-54-52-58(53-55-60)47-44-42-40-38-36-34-21-19-17-15-13-11-8-5-2;/h45-46,48-49,51-57H,4-43,50H2,1-3H3;. The largest absolute Gasteiger partial charge is 0.255 e. The van der Waals surface area contributed by atoms with Gasteiger partial charge in [0.2, 0.25) is 0 Å². The van der Waals surface area contributed by atoms with E-state index in [1.807, 2.05) is 6.21 Å². The molecular formula is C62H102N2Ni. The predicted molar refractivity (Wildman–Crippen MR) is 290 cm³/mol. The molecule has 0 atom stereocenters. The molecule has 0 aromatic heterocycles. The number of aliphatic imine (C=N–C) groups is 2. The van der Waals surface area contributed by atoms with Gasteiger partial charge >= 0.3 is 0 Å². The molecule has 0 radical (unpaired) electrons. The van der Waals surface area contributed by atoms with Crippen LogP contribution in [0.3, 0.4) is 0 Å². The molecule has 0 N–H and O–H groups in total. The van der Waals surface area contributed by atoms with Crippen LogP contribution in [0.15, 0.2) is 64.6 Å². The second kappa shape index (κ2) is 48.0. The second-order valence-corrected chi connectivity index (χ2v) is 19.4. The van der Waals surface area contributed by atoms with Crippen LogP contribution in [0.2, 0.25) is 0 Å². The van der Waals surface area contributed by atoms with E-state index in [1.165, 1.54) is 237 Å². The van der Waals surface area contributed by atoms with E-state index in [4.69, 9.17) is 9.98 Å². The van der Waals surface area contributed by atoms with Crippen molar-refractivity contribution in [1.29, 1.82) is 0 Å². The van der Waals surface area contributed by atoms with Gasteiger partial charge in [0, 0.05) is 34.7 Å². The van der Waals surface area contributed by atoms with Gasteiger partial charge < -0.3 is 0 Å². The van der Waals surface area contributed by atoms with Crippen molar-refractivity contribution in [1.82, 2.24) is 0 Å². The maximum absolute atomic E-state index is 5.05. The first-order valence-electron chi connectivity index (χ1n) is 28.2. The minimum Gasteiger partial charge on any atom is -0.255 e. The Bertz CT molecular complexity index is 1460. The van der Waals surface area contributed by atoms with Crippen LogP contribution in [0.1, 0.15) is 295 Å². The fourth-order valence-electron chi connectivity index (χ4n) is 8.81. The van der Waals surface area contributed by atoms with E-state index in [0.717, 1.165) is 54.8 Å². The van der Waals surface area contributed by atoms with Gasteiger partial charge in [-0.1, -0.05) is 282 Å². The van der Waals surface area contributed by atoms with Crippen molar-refractivity contribution in [2.75, 3.05) is 0 Å². The van der Waals surface area contributed by atoms with E-state index in [1.54, 1.807) is 0 Å². The number of benzene rings is 2. The molecule has 2 rings (SSSR count). The van der Waals surface area contributed by atoms with Gasteiger partial charge in [-0.15, -0.1) is 0 Å². The Kier molecular flexibility index (Phi) is 44.8. The maximum Gasteiger partial charge on any atom is 0.0639 e. The number of hydrogen-bond acceptors (Lipinski definition) is 2. The van der Waals surface area contributed by atoms with Crippen LogP contribution in [0.5, 0.6) is 0 Å². The number of unbranched alkanes of at least 4 members (excludes halogenated alkanes) is 37. The Hall–Kier alpha value is -2.43. The molecule has 0 heterocycles. The van der Waals surface area contributed by atoms with Crippen LogP contribution in [0, 0.1) is 11.8 Å². The van der Waals surface area contributed by atoms with Crippen LogP contribution < -0.4 is 0 Å². The Morgan fingerprint density at radius 2 is 0.862 bits per heavy atom. The summed E-state index contributed by atoms with van der Waals surface area (Å²) in [7, 11) is 0. The Balaban J connectivity index is 0.0000211. The Morgan fingerprint density at radius 3 is 1.31 bits per heavy atom. The molecule has 0 fully saturated rings. The van der Waals surface area contributed by atoms with E-state index in [9.17, 15) is 0 Å². The van der Waals surface area contributed by atoms with Gasteiger partial charge in [-0.25, -0.2) is 0 Å². The van der Waals surface area contributed by atoms with Crippen LogP contribution >= 0.6 is 0 Å². The van der Waals surface area contributed by atoms with Gasteiger partial charge in [-0.3, -0.25) is 9.98 Å². The molecule has 370 valence electrons. The maximum atomic E-state index is 5.05. The van der Waals surface area contributed by atoms with Crippen LogP contribution in [0.25, 0.3) is 6.08 Å². The number of nitrogens with zero attached hydrogens (tertiary/aromatic N) is 2. The molecule has 0 bridgehead atoms. The number of hydrogen-bond donors (Lipinski definition) is 0. The Labute approximate surface area is 415 Å². The number of rotatable bonds is 44. The SMILES string of the molecule is CCCCCCCCCCCCCCC#Cc1ccc(N=CC(CCCC)=Nc2cccc(C=CCCCCCCCCCCCCCCCCCCCCCCCCCC)c2)cc1.[Ni]. The topological polar surface area (TPSA) is 24.7 Å². The summed E-state index contributed by atoms with van der Waals surface area (Å²) in [5, 5.41) is 0. The zero-order valence-electron chi connectivity index (χ0n) is 43.1. The van der Waals surface area contributed by atoms with Crippen molar-refractivity contribution in [3.8, 4) is 11.8 Å². The summed E-state index contributed by atoms with van der Waals surface area (Å²) in [6.07, 6.45) is 63.1. The first-order valence-corrected chi connectivity index (χ1v) is 28.2. The quantitative estimate of drug-likeness (QED) is 0.0274. The van der Waals surface area contributed by atoms with Crippen molar-refractivity contribution in [3.63, 3.8) is 0 Å². The van der Waals surface area contributed by atoms with E-state index in [2.05, 4.69) is 93.3 Å². The van der Waals surface area contributed by atoms with Gasteiger partial charge in [0.1, 0.15) is 0 Å². The van der Waals surface area contributed by atoms with Crippen LogP contribution in [0.4, 0.5) is 11.4 Å². The molecule has 2 aromatic carbocycles. The molecule has 0 spiro atoms. The third kappa shape index (κ3) is 39.3. The van der Waals surface area contributed by atoms with E-state index >= 15 is 0 Å². The van der Waals surface area contributed by atoms with Crippen molar-refractivity contribution in [2.24, 2.45) is 9.98 Å². The van der Waals surface area contributed by atoms with Gasteiger partial charge in [-0.2, -0.15) is 0 Å². The molecule has 65 heavy (non-hydrogen) atoms. The van der Waals surface area contributed by atoms with Crippen LogP contribution in [-0.4, -0.2) is 11.9 Å². The zero-order valence-corrected chi connectivity index (χ0v) is 44.0. The molecular weight excluding hydrogens is 831 g/mol. The fraction of sp³-hybridized carbons (Fsp3) is 0.710. The summed E-state index contributed by atoms with van der Waals surface area (Å²) in [5.41, 5.74) is 5.30. The molecule has 2 nitrogen and oxygen atoms in total. The van der Waals surface area contributed by atoms with Crippen molar-refractivity contribution in [2.45, 2.75) is 284 Å². The minimum absolute atomic E-state index is 0. The second-order valence-electron chi connectivity index (χ2n) is 19.4. The molecule has 0 aliphatic rings. The normalized spacial score (nSPS) is 11.7. The molecule has 3 heteroatoms. The van der Waals surface area contributed by atoms with Crippen LogP contribution in [-0.2, 0) is 16.5 Å². The zero-order chi connectivity index (χ0) is 45.5. The van der Waals surface area contributed by atoms with E-state index in [0.29, 0.717) is 0 Å². The molecule has 0 amide bonds. The molecule has 0 aliphatic carbocycles. The van der Waals surface area contributed by atoms with Gasteiger partial charge in [0.15, 0.2) is 0 Å². The summed E-state index contributed by atoms with van der Waals surface area (Å²) in [5.74, 6) is 6.76. The average molecular weight is 934 g/mol. The molecule has 2 aromatic rings. The van der Waals surface area contributed by atoms with E-state index in [-0.39, 0.29) is 16.5 Å². The van der Waals surface area contributed by atoms with Gasteiger partial charge in [0.25, 0.3) is 0 Å². The third-order valence-electron chi connectivity index (χ3n) is 13.1. The minimum atomic E-state index is 0. The predicted octanol–water partition coefficient (Wildman–Crippen LogP) is 21.6. The molecule has 0 unspecified atom stereocenters. The van der Waals surface area contributed by atoms with E-state index < -0.39 is 0 Å². The van der Waals surface area contributed by atoms with Gasteiger partial charge in [0.05, 0.1) is 17.1 Å². The molecule has 0 saturated carbocycles. The summed E-state index contributed by atoms with van der Waals surface area (Å²) in [6.45, 7) is 6.84. The average Bonchev–Trinajstić information content (AvgIpc) is 3.31. The van der Waals surface area contributed by atoms with Gasteiger partial charge in [-0.05, 0) is 74.1 Å².